The quantitative estimate of drug-likeness (QED) is 0.0161. The van der Waals surface area contributed by atoms with E-state index in [-0.39, 0.29) is 41.6 Å². The SMILES string of the molecule is COc1ccc(CCCC(=O)NC(C)c2ccccc2)cc1.Cc1cc(C)n(CC(O)Cn2c3ccc(Cl)cc3c3cc(Cl)ccc32)c(=O)n1.Cc1ccc(-n2c(C)c3c(C)nnc(C)c3c2C)cc1C.O=C(NC(=S)N1CCN(c2ccccc2)CC1)c1ccccc1.O=C(Oc1cccc(Nc2ncnc3ccccc23)c1)c1cccs1.O=c1c2c3c(sc2nc(SCc2ccccc2)n1-c1ccccc1)CCCC3. The third-order valence-electron chi connectivity index (χ3n) is 25.8. The summed E-state index contributed by atoms with van der Waals surface area (Å²) in [6.45, 7) is 22.2. The number of aromatic nitrogens is 10. The van der Waals surface area contributed by atoms with Crippen LogP contribution in [0.15, 0.2) is 324 Å². The zero-order valence-electron chi connectivity index (χ0n) is 83.6. The molecule has 23 nitrogen and oxygen atoms in total. The van der Waals surface area contributed by atoms with E-state index in [1.165, 1.54) is 94.9 Å². The number of thioether (sulfide) groups is 1. The average molecular weight is 2070 g/mol. The van der Waals surface area contributed by atoms with Crippen molar-refractivity contribution < 1.29 is 29.0 Å². The van der Waals surface area contributed by atoms with Crippen LogP contribution in [0.1, 0.15) is 131 Å². The smallest absolute Gasteiger partial charge is 0.353 e. The second-order valence-electron chi connectivity index (χ2n) is 36.0. The highest BCUT2D eigenvalue weighted by atomic mass is 35.5. The van der Waals surface area contributed by atoms with Crippen LogP contribution in [0.25, 0.3) is 65.1 Å². The number of piperazine rings is 1. The standard InChI is InChI=1S/C23H20N2OS2.C21H19Cl2N3O2.C19H13N3O2S.C19H23NO2.C18H19N3OS.C18H21N3/c26-22-20-18-13-7-8-14-19(18)28-21(20)24-23(25(22)17-11-5-2-6-12-17)27-15-16-9-3-1-4-10-16;1-12-7-13(2)25(21(28)24-12)10-16(27)11-26-19-5-3-14(22)8-17(19)18-9-15(23)4-6-20(18)26;23-19(17-9-4-10-25-17)24-14-6-3-5-13(11-14)22-18-15-7-1-2-8-16(15)20-12-21-18;1-15(17-8-4-3-5-9-17)20-19(21)10-6-7-16-11-13-18(22-2)14-12-16;22-17(15-7-3-1-4-8-15)19-18(23)21-13-11-20(12-14-21)16-9-5-2-6-10-16;1-10-7-8-16(9-11(10)2)21-14(5)17-12(3)19-20-13(4)18(17)15(21)6/h1-6,9-12H,7-8,13-15H2;3-9,16,27H,10-11H2,1-2H3;1-12H,(H,20,21,22);3-5,8-9,11-15H,6-7,10H2,1-2H3,(H,20,21);1-10H,11-14H2,(H,19,22,23);7-9H,1-6H3. The molecular weight excluding hydrogens is 1950 g/mol. The van der Waals surface area contributed by atoms with Gasteiger partial charge in [0.2, 0.25) is 5.91 Å². The van der Waals surface area contributed by atoms with Crippen LogP contribution in [-0.4, -0.2) is 121 Å². The first kappa shape index (κ1) is 105. The second kappa shape index (κ2) is 49.9. The molecule has 9 heterocycles. The van der Waals surface area contributed by atoms with Gasteiger partial charge in [0.15, 0.2) is 10.3 Å². The molecule has 748 valence electrons. The Balaban J connectivity index is 0.000000126. The Morgan fingerprint density at radius 1 is 0.565 bits per heavy atom. The fourth-order valence-electron chi connectivity index (χ4n) is 18.2. The number of methoxy groups -OCH3 is 1. The molecule has 19 aromatic rings. The number of nitrogens with one attached hydrogen (secondary N) is 3. The highest BCUT2D eigenvalue weighted by molar-refractivity contribution is 7.98. The lowest BCUT2D eigenvalue weighted by Gasteiger charge is -2.37. The number of halogens is 2. The van der Waals surface area contributed by atoms with Crippen molar-refractivity contribution in [1.82, 2.24) is 63.9 Å². The fraction of sp³-hybridized carbons (Fsp3) is 0.220. The molecule has 1 fully saturated rings. The van der Waals surface area contributed by atoms with Gasteiger partial charge in [-0.2, -0.15) is 15.2 Å². The Morgan fingerprint density at radius 3 is 1.82 bits per heavy atom. The Bertz CT molecular complexity index is 7860. The van der Waals surface area contributed by atoms with Crippen molar-refractivity contribution in [2.75, 3.05) is 43.5 Å². The van der Waals surface area contributed by atoms with Crippen LogP contribution < -0.4 is 41.6 Å². The number of esters is 1. The first-order valence-electron chi connectivity index (χ1n) is 48.8. The van der Waals surface area contributed by atoms with Gasteiger partial charge in [-0.05, 0) is 285 Å². The number of aliphatic hydroxyl groups is 1. The van der Waals surface area contributed by atoms with Crippen LogP contribution in [-0.2, 0) is 42.9 Å². The predicted octanol–water partition coefficient (Wildman–Crippen LogP) is 25.3. The number of hydrogen-bond acceptors (Lipinski definition) is 20. The highest BCUT2D eigenvalue weighted by Gasteiger charge is 2.27. The first-order chi connectivity index (χ1) is 71.3. The molecule has 0 spiro atoms. The number of aliphatic hydroxyl groups excluding tert-OH is 1. The molecule has 2 atom stereocenters. The number of carbonyl (C=O) groups is 3. The number of para-hydroxylation sites is 3. The maximum Gasteiger partial charge on any atom is 0.353 e. The van der Waals surface area contributed by atoms with E-state index >= 15 is 0 Å². The Morgan fingerprint density at radius 2 is 1.18 bits per heavy atom. The maximum absolute atomic E-state index is 13.6. The summed E-state index contributed by atoms with van der Waals surface area (Å²) in [7, 11) is 1.66. The molecule has 0 bridgehead atoms. The summed E-state index contributed by atoms with van der Waals surface area (Å²) >= 11 is 22.5. The molecule has 4 N–H and O–H groups in total. The molecule has 21 rings (SSSR count). The van der Waals surface area contributed by atoms with E-state index in [9.17, 15) is 29.1 Å². The van der Waals surface area contributed by atoms with Crippen LogP contribution in [0.4, 0.5) is 17.2 Å². The maximum atomic E-state index is 13.6. The Hall–Kier alpha value is -14.8. The van der Waals surface area contributed by atoms with Gasteiger partial charge in [-0.1, -0.05) is 193 Å². The van der Waals surface area contributed by atoms with Crippen molar-refractivity contribution in [1.29, 1.82) is 0 Å². The number of aryl methyl sites for hydroxylation is 11. The minimum atomic E-state index is -0.772. The number of rotatable bonds is 22. The van der Waals surface area contributed by atoms with Crippen molar-refractivity contribution >= 4 is 164 Å². The summed E-state index contributed by atoms with van der Waals surface area (Å²) in [6.07, 6.45) is 7.48. The lowest BCUT2D eigenvalue weighted by Crippen LogP contribution is -2.52. The fourth-order valence-corrected chi connectivity index (χ4v) is 21.7. The number of thiocarbonyl (C=S) groups is 1. The van der Waals surface area contributed by atoms with Crippen LogP contribution in [0, 0.1) is 55.4 Å². The summed E-state index contributed by atoms with van der Waals surface area (Å²) in [6, 6.07) is 96.1. The van der Waals surface area contributed by atoms with Crippen molar-refractivity contribution in [2.45, 2.75) is 143 Å². The molecule has 1 aliphatic heterocycles. The van der Waals surface area contributed by atoms with E-state index in [0.717, 1.165) is 152 Å². The van der Waals surface area contributed by atoms with Crippen LogP contribution in [0.5, 0.6) is 11.5 Å². The van der Waals surface area contributed by atoms with Crippen molar-refractivity contribution in [3.8, 4) is 22.9 Å². The molecule has 2 aliphatic rings. The van der Waals surface area contributed by atoms with Gasteiger partial charge in [-0.3, -0.25) is 28.8 Å². The summed E-state index contributed by atoms with van der Waals surface area (Å²) in [5.41, 5.74) is 20.6. The molecule has 0 radical (unpaired) electrons. The van der Waals surface area contributed by atoms with Crippen molar-refractivity contribution in [2.24, 2.45) is 0 Å². The van der Waals surface area contributed by atoms with E-state index in [0.29, 0.717) is 55.8 Å². The number of benzene rings is 11. The minimum Gasteiger partial charge on any atom is -0.497 e. The van der Waals surface area contributed by atoms with Gasteiger partial charge < -0.3 is 44.1 Å². The molecule has 1 aliphatic carbocycles. The van der Waals surface area contributed by atoms with Crippen molar-refractivity contribution in [3.05, 3.63) is 423 Å². The van der Waals surface area contributed by atoms with Gasteiger partial charge in [0, 0.05) is 143 Å². The molecule has 29 heteroatoms. The van der Waals surface area contributed by atoms with Gasteiger partial charge in [0.25, 0.3) is 11.5 Å². The number of anilines is 3. The van der Waals surface area contributed by atoms with Gasteiger partial charge >= 0.3 is 11.7 Å². The molecule has 8 aromatic heterocycles. The number of thiophene rings is 2. The zero-order chi connectivity index (χ0) is 103. The Kier molecular flexibility index (Phi) is 35.6. The van der Waals surface area contributed by atoms with E-state index in [2.05, 4.69) is 126 Å². The van der Waals surface area contributed by atoms with Gasteiger partial charge in [0.1, 0.15) is 33.4 Å². The third-order valence-corrected chi connectivity index (χ3v) is 29.7. The van der Waals surface area contributed by atoms with Crippen LogP contribution in [0.3, 0.4) is 0 Å². The summed E-state index contributed by atoms with van der Waals surface area (Å²) in [4.78, 5) is 86.7. The molecule has 0 saturated carbocycles. The normalized spacial score (nSPS) is 12.4. The van der Waals surface area contributed by atoms with Crippen LogP contribution >= 0.6 is 69.9 Å². The average Bonchev–Trinajstić information content (AvgIpc) is 1.57. The monoisotopic (exact) mass is 2070 g/mol. The summed E-state index contributed by atoms with van der Waals surface area (Å²) in [5, 5.41) is 39.0. The molecule has 11 aromatic carbocycles. The molecule has 2 amide bonds. The van der Waals surface area contributed by atoms with Gasteiger partial charge in [-0.15, -0.1) is 22.7 Å². The van der Waals surface area contributed by atoms with E-state index < -0.39 is 6.10 Å². The number of carbonyl (C=O) groups excluding carboxylic acids is 3. The number of hydrogen-bond donors (Lipinski definition) is 4. The summed E-state index contributed by atoms with van der Waals surface area (Å²) in [5.74, 6) is 2.41. The second-order valence-corrected chi connectivity index (χ2v) is 40.3. The van der Waals surface area contributed by atoms with E-state index in [1.54, 1.807) is 72.0 Å². The zero-order valence-corrected chi connectivity index (χ0v) is 88.3. The third kappa shape index (κ3) is 26.5. The van der Waals surface area contributed by atoms with Crippen molar-refractivity contribution in [3.63, 3.8) is 0 Å². The molecular formula is C118H115Cl2N15O8S4. The number of ether oxygens (including phenoxy) is 2. The molecule has 2 unspecified atom stereocenters. The number of amides is 2. The first-order valence-corrected chi connectivity index (χ1v) is 52.7. The Labute approximate surface area is 882 Å². The summed E-state index contributed by atoms with van der Waals surface area (Å²) < 4.78 is 18.2. The largest absolute Gasteiger partial charge is 0.497 e. The molecule has 1 saturated heterocycles. The van der Waals surface area contributed by atoms with Crippen LogP contribution in [0.2, 0.25) is 10.0 Å². The predicted molar refractivity (Wildman–Crippen MR) is 603 cm³/mol. The van der Waals surface area contributed by atoms with Gasteiger partial charge in [-0.25, -0.2) is 24.5 Å². The molecule has 147 heavy (non-hydrogen) atoms. The highest BCUT2D eigenvalue weighted by Crippen LogP contribution is 2.39. The van der Waals surface area contributed by atoms with E-state index in [4.69, 9.17) is 49.9 Å². The van der Waals surface area contributed by atoms with E-state index in [1.807, 2.05) is 262 Å². The number of nitrogens with zero attached hydrogens (tertiary/aromatic N) is 12. The van der Waals surface area contributed by atoms with Gasteiger partial charge in [0.05, 0.1) is 60.3 Å². The lowest BCUT2D eigenvalue weighted by atomic mass is 9.97. The topological polar surface area (TPSA) is 264 Å². The lowest BCUT2D eigenvalue weighted by molar-refractivity contribution is -0.121. The minimum absolute atomic E-state index is 0.0506. The number of fused-ring (bicyclic) bond motifs is 8.